The summed E-state index contributed by atoms with van der Waals surface area (Å²) >= 11 is 0. The minimum Gasteiger partial charge on any atom is -0.452 e. The van der Waals surface area contributed by atoms with Crippen molar-refractivity contribution < 1.29 is 23.5 Å². The first kappa shape index (κ1) is 19.1. The number of hydrogen-bond acceptors (Lipinski definition) is 4. The number of likely N-dealkylation sites (N-methyl/N-ethyl adjacent to an activating group) is 1. The van der Waals surface area contributed by atoms with Crippen LogP contribution in [0.25, 0.3) is 0 Å². The third-order valence-electron chi connectivity index (χ3n) is 3.53. The number of rotatable bonds is 6. The van der Waals surface area contributed by atoms with Gasteiger partial charge in [-0.3, -0.25) is 9.59 Å². The van der Waals surface area contributed by atoms with Crippen LogP contribution >= 0.6 is 0 Å². The van der Waals surface area contributed by atoms with Crippen LogP contribution in [0.15, 0.2) is 48.5 Å². The molecule has 136 valence electrons. The zero-order chi connectivity index (χ0) is 19.1. The topological polar surface area (TPSA) is 75.7 Å². The molecule has 2 aromatic rings. The fourth-order valence-corrected chi connectivity index (χ4v) is 2.17. The van der Waals surface area contributed by atoms with Crippen LogP contribution in [0.1, 0.15) is 22.8 Å². The van der Waals surface area contributed by atoms with Gasteiger partial charge in [0, 0.05) is 26.2 Å². The highest BCUT2D eigenvalue weighted by Gasteiger charge is 2.14. The van der Waals surface area contributed by atoms with Gasteiger partial charge in [-0.25, -0.2) is 9.18 Å². The zero-order valence-corrected chi connectivity index (χ0v) is 14.5. The Morgan fingerprint density at radius 1 is 1.04 bits per heavy atom. The summed E-state index contributed by atoms with van der Waals surface area (Å²) in [6, 6.07) is 11.9. The van der Waals surface area contributed by atoms with Gasteiger partial charge in [0.25, 0.3) is 5.91 Å². The molecular weight excluding hydrogens is 339 g/mol. The second-order valence-corrected chi connectivity index (χ2v) is 5.71. The molecule has 0 unspecified atom stereocenters. The van der Waals surface area contributed by atoms with E-state index in [9.17, 15) is 18.8 Å². The van der Waals surface area contributed by atoms with E-state index >= 15 is 0 Å². The summed E-state index contributed by atoms with van der Waals surface area (Å²) in [7, 11) is 1.57. The lowest BCUT2D eigenvalue weighted by atomic mass is 10.2. The van der Waals surface area contributed by atoms with Crippen LogP contribution in [-0.4, -0.2) is 36.3 Å². The SMILES string of the molecule is CC(=O)Nc1ccc(C(=O)OCC(=O)N(C)Cc2ccc(F)cc2)cc1. The first-order valence-electron chi connectivity index (χ1n) is 7.88. The summed E-state index contributed by atoms with van der Waals surface area (Å²) in [4.78, 5) is 36.4. The van der Waals surface area contributed by atoms with Crippen molar-refractivity contribution in [3.05, 3.63) is 65.5 Å². The minimum absolute atomic E-state index is 0.213. The standard InChI is InChI=1S/C19H19FN2O4/c1-13(23)21-17-9-5-15(6-10-17)19(25)26-12-18(24)22(2)11-14-3-7-16(20)8-4-14/h3-10H,11-12H2,1-2H3,(H,21,23). The van der Waals surface area contributed by atoms with Gasteiger partial charge in [0.05, 0.1) is 5.56 Å². The van der Waals surface area contributed by atoms with E-state index in [0.29, 0.717) is 5.69 Å². The highest BCUT2D eigenvalue weighted by Crippen LogP contribution is 2.11. The second-order valence-electron chi connectivity index (χ2n) is 5.71. The lowest BCUT2D eigenvalue weighted by Gasteiger charge is -2.17. The molecule has 7 heteroatoms. The van der Waals surface area contributed by atoms with Crippen molar-refractivity contribution in [3.63, 3.8) is 0 Å². The maximum absolute atomic E-state index is 12.9. The van der Waals surface area contributed by atoms with E-state index in [1.807, 2.05) is 0 Å². The van der Waals surface area contributed by atoms with Crippen LogP contribution in [0.4, 0.5) is 10.1 Å². The van der Waals surface area contributed by atoms with Crippen molar-refractivity contribution in [1.82, 2.24) is 4.90 Å². The third-order valence-corrected chi connectivity index (χ3v) is 3.53. The van der Waals surface area contributed by atoms with Gasteiger partial charge in [-0.05, 0) is 42.0 Å². The number of nitrogens with zero attached hydrogens (tertiary/aromatic N) is 1. The number of benzene rings is 2. The van der Waals surface area contributed by atoms with Gasteiger partial charge in [-0.1, -0.05) is 12.1 Å². The Kier molecular flexibility index (Phi) is 6.43. The van der Waals surface area contributed by atoms with Gasteiger partial charge in [0.1, 0.15) is 5.82 Å². The van der Waals surface area contributed by atoms with Crippen molar-refractivity contribution >= 4 is 23.5 Å². The molecular formula is C19H19FN2O4. The number of carbonyl (C=O) groups excluding carboxylic acids is 3. The molecule has 0 fully saturated rings. The normalized spacial score (nSPS) is 10.1. The molecule has 0 aliphatic carbocycles. The zero-order valence-electron chi connectivity index (χ0n) is 14.5. The Morgan fingerprint density at radius 3 is 2.23 bits per heavy atom. The summed E-state index contributed by atoms with van der Waals surface area (Å²) in [6.45, 7) is 1.27. The van der Waals surface area contributed by atoms with Crippen molar-refractivity contribution in [1.29, 1.82) is 0 Å². The number of esters is 1. The van der Waals surface area contributed by atoms with Crippen LogP contribution in [0.2, 0.25) is 0 Å². The van der Waals surface area contributed by atoms with Crippen LogP contribution in [0.5, 0.6) is 0 Å². The molecule has 0 atom stereocenters. The molecule has 0 aliphatic heterocycles. The predicted molar refractivity (Wildman–Crippen MR) is 93.9 cm³/mol. The van der Waals surface area contributed by atoms with Gasteiger partial charge in [0.15, 0.2) is 6.61 Å². The Labute approximate surface area is 150 Å². The van der Waals surface area contributed by atoms with Gasteiger partial charge < -0.3 is 15.0 Å². The number of hydrogen-bond donors (Lipinski definition) is 1. The Bertz CT molecular complexity index is 788. The molecule has 6 nitrogen and oxygen atoms in total. The van der Waals surface area contributed by atoms with Gasteiger partial charge in [-0.2, -0.15) is 0 Å². The number of halogens is 1. The van der Waals surface area contributed by atoms with E-state index in [0.717, 1.165) is 5.56 Å². The van der Waals surface area contributed by atoms with Crippen molar-refractivity contribution in [3.8, 4) is 0 Å². The number of amides is 2. The molecule has 0 saturated carbocycles. The maximum atomic E-state index is 12.9. The summed E-state index contributed by atoms with van der Waals surface area (Å²) < 4.78 is 17.9. The lowest BCUT2D eigenvalue weighted by molar-refractivity contribution is -0.133. The molecule has 1 N–H and O–H groups in total. The molecule has 26 heavy (non-hydrogen) atoms. The molecule has 0 bridgehead atoms. The fraction of sp³-hybridized carbons (Fsp3) is 0.211. The maximum Gasteiger partial charge on any atom is 0.338 e. The summed E-state index contributed by atoms with van der Waals surface area (Å²) in [5.74, 6) is -1.57. The van der Waals surface area contributed by atoms with E-state index in [1.54, 1.807) is 31.3 Å². The number of nitrogens with one attached hydrogen (secondary N) is 1. The predicted octanol–water partition coefficient (Wildman–Crippen LogP) is 2.60. The summed E-state index contributed by atoms with van der Waals surface area (Å²) in [5.41, 5.74) is 1.60. The van der Waals surface area contributed by atoms with Gasteiger partial charge in [0.2, 0.25) is 5.91 Å². The van der Waals surface area contributed by atoms with Gasteiger partial charge in [-0.15, -0.1) is 0 Å². The van der Waals surface area contributed by atoms with E-state index in [1.165, 1.54) is 36.1 Å². The third kappa shape index (κ3) is 5.70. The molecule has 0 spiro atoms. The quantitative estimate of drug-likeness (QED) is 0.806. The molecule has 0 saturated heterocycles. The molecule has 0 heterocycles. The largest absolute Gasteiger partial charge is 0.452 e. The molecule has 2 rings (SSSR count). The number of ether oxygens (including phenoxy) is 1. The first-order valence-corrected chi connectivity index (χ1v) is 7.88. The van der Waals surface area contributed by atoms with Crippen LogP contribution in [0.3, 0.4) is 0 Å². The molecule has 0 aromatic heterocycles. The summed E-state index contributed by atoms with van der Waals surface area (Å²) in [5, 5.41) is 2.59. The fourth-order valence-electron chi connectivity index (χ4n) is 2.17. The van der Waals surface area contributed by atoms with Crippen molar-refractivity contribution in [2.75, 3.05) is 19.0 Å². The van der Waals surface area contributed by atoms with E-state index in [4.69, 9.17) is 4.74 Å². The van der Waals surface area contributed by atoms with E-state index in [2.05, 4.69) is 5.32 Å². The van der Waals surface area contributed by atoms with Crippen molar-refractivity contribution in [2.24, 2.45) is 0 Å². The van der Waals surface area contributed by atoms with E-state index < -0.39 is 12.6 Å². The second kappa shape index (κ2) is 8.75. The average molecular weight is 358 g/mol. The first-order chi connectivity index (χ1) is 12.3. The Morgan fingerprint density at radius 2 is 1.65 bits per heavy atom. The molecule has 2 aromatic carbocycles. The smallest absolute Gasteiger partial charge is 0.338 e. The summed E-state index contributed by atoms with van der Waals surface area (Å²) in [6.07, 6.45) is 0. The molecule has 0 aliphatic rings. The molecule has 2 amide bonds. The van der Waals surface area contributed by atoms with Gasteiger partial charge >= 0.3 is 5.97 Å². The van der Waals surface area contributed by atoms with Crippen LogP contribution in [0, 0.1) is 5.82 Å². The highest BCUT2D eigenvalue weighted by molar-refractivity contribution is 5.93. The Hall–Kier alpha value is -3.22. The average Bonchev–Trinajstić information content (AvgIpc) is 2.61. The van der Waals surface area contributed by atoms with E-state index in [-0.39, 0.29) is 29.7 Å². The Balaban J connectivity index is 1.84. The highest BCUT2D eigenvalue weighted by atomic mass is 19.1. The lowest BCUT2D eigenvalue weighted by Crippen LogP contribution is -2.30. The minimum atomic E-state index is -0.636. The molecule has 0 radical (unpaired) electrons. The number of anilines is 1. The van der Waals surface area contributed by atoms with Crippen LogP contribution < -0.4 is 5.32 Å². The van der Waals surface area contributed by atoms with Crippen LogP contribution in [-0.2, 0) is 20.9 Å². The van der Waals surface area contributed by atoms with Crippen molar-refractivity contribution in [2.45, 2.75) is 13.5 Å². The number of carbonyl (C=O) groups is 3. The monoisotopic (exact) mass is 358 g/mol.